The summed E-state index contributed by atoms with van der Waals surface area (Å²) in [6.45, 7) is 2.51. The Labute approximate surface area is 66.0 Å². The van der Waals surface area contributed by atoms with Gasteiger partial charge in [0.25, 0.3) is 0 Å². The largest absolute Gasteiger partial charge is 0.327 e. The van der Waals surface area contributed by atoms with Crippen LogP contribution in [-0.2, 0) is 0 Å². The molecule has 0 spiro atoms. The van der Waals surface area contributed by atoms with Gasteiger partial charge in [-0.25, -0.2) is 0 Å². The standard InChI is InChI=1S/C8H11N3/c1-7(2-3-9)8-6-10-4-5-11-8/h2,4-6H,3,9H2,1H3. The van der Waals surface area contributed by atoms with Gasteiger partial charge in [-0.3, -0.25) is 9.97 Å². The van der Waals surface area contributed by atoms with Crippen molar-refractivity contribution in [2.75, 3.05) is 6.54 Å². The normalized spacial score (nSPS) is 11.6. The number of nitrogens with two attached hydrogens (primary N) is 1. The minimum absolute atomic E-state index is 0.544. The van der Waals surface area contributed by atoms with Crippen molar-refractivity contribution in [3.8, 4) is 0 Å². The third kappa shape index (κ3) is 2.13. The molecular formula is C8H11N3. The van der Waals surface area contributed by atoms with Gasteiger partial charge in [0.15, 0.2) is 0 Å². The van der Waals surface area contributed by atoms with Gasteiger partial charge in [-0.1, -0.05) is 6.08 Å². The number of hydrogen-bond acceptors (Lipinski definition) is 3. The molecule has 0 aliphatic rings. The molecule has 58 valence electrons. The van der Waals surface area contributed by atoms with E-state index in [1.807, 2.05) is 13.0 Å². The first-order chi connectivity index (χ1) is 5.34. The number of hydrogen-bond donors (Lipinski definition) is 1. The second-order valence-electron chi connectivity index (χ2n) is 2.21. The molecule has 0 fully saturated rings. The van der Waals surface area contributed by atoms with Crippen LogP contribution in [0.4, 0.5) is 0 Å². The topological polar surface area (TPSA) is 51.8 Å². The average Bonchev–Trinajstić information content (AvgIpc) is 2.07. The van der Waals surface area contributed by atoms with Gasteiger partial charge in [0, 0.05) is 18.9 Å². The lowest BCUT2D eigenvalue weighted by Gasteiger charge is -1.96. The highest BCUT2D eigenvalue weighted by atomic mass is 14.8. The number of nitrogens with zero attached hydrogens (tertiary/aromatic N) is 2. The number of rotatable bonds is 2. The zero-order chi connectivity index (χ0) is 8.10. The Bertz CT molecular complexity index is 241. The van der Waals surface area contributed by atoms with Gasteiger partial charge >= 0.3 is 0 Å². The van der Waals surface area contributed by atoms with E-state index in [0.29, 0.717) is 6.54 Å². The van der Waals surface area contributed by atoms with Gasteiger partial charge in [-0.15, -0.1) is 0 Å². The van der Waals surface area contributed by atoms with Crippen LogP contribution >= 0.6 is 0 Å². The van der Waals surface area contributed by atoms with E-state index in [1.165, 1.54) is 0 Å². The van der Waals surface area contributed by atoms with E-state index in [4.69, 9.17) is 5.73 Å². The maximum atomic E-state index is 5.34. The SMILES string of the molecule is CC(=CCN)c1cnccn1. The molecule has 0 saturated carbocycles. The summed E-state index contributed by atoms with van der Waals surface area (Å²) >= 11 is 0. The molecule has 1 rings (SSSR count). The van der Waals surface area contributed by atoms with Crippen molar-refractivity contribution in [1.29, 1.82) is 0 Å². The van der Waals surface area contributed by atoms with Gasteiger partial charge in [0.2, 0.25) is 0 Å². The minimum Gasteiger partial charge on any atom is -0.327 e. The second-order valence-corrected chi connectivity index (χ2v) is 2.21. The van der Waals surface area contributed by atoms with Crippen LogP contribution in [0.5, 0.6) is 0 Å². The van der Waals surface area contributed by atoms with Gasteiger partial charge in [-0.2, -0.15) is 0 Å². The van der Waals surface area contributed by atoms with Crippen molar-refractivity contribution in [2.24, 2.45) is 5.73 Å². The van der Waals surface area contributed by atoms with Gasteiger partial charge < -0.3 is 5.73 Å². The van der Waals surface area contributed by atoms with Crippen LogP contribution in [0.1, 0.15) is 12.6 Å². The molecule has 0 aliphatic carbocycles. The lowest BCUT2D eigenvalue weighted by Crippen LogP contribution is -1.95. The zero-order valence-corrected chi connectivity index (χ0v) is 6.49. The molecule has 0 unspecified atom stereocenters. The van der Waals surface area contributed by atoms with Crippen LogP contribution < -0.4 is 5.73 Å². The highest BCUT2D eigenvalue weighted by Crippen LogP contribution is 2.06. The Morgan fingerprint density at radius 3 is 3.00 bits per heavy atom. The first-order valence-corrected chi connectivity index (χ1v) is 3.48. The molecule has 0 aliphatic heterocycles. The molecule has 0 saturated heterocycles. The van der Waals surface area contributed by atoms with E-state index in [1.54, 1.807) is 18.6 Å². The fraction of sp³-hybridized carbons (Fsp3) is 0.250. The Hall–Kier alpha value is -1.22. The summed E-state index contributed by atoms with van der Waals surface area (Å²) in [4.78, 5) is 8.05. The summed E-state index contributed by atoms with van der Waals surface area (Å²) in [5.74, 6) is 0. The molecule has 0 atom stereocenters. The van der Waals surface area contributed by atoms with Crippen LogP contribution in [0, 0.1) is 0 Å². The molecule has 2 N–H and O–H groups in total. The van der Waals surface area contributed by atoms with Crippen molar-refractivity contribution in [3.05, 3.63) is 30.4 Å². The maximum Gasteiger partial charge on any atom is 0.0839 e. The molecule has 3 heteroatoms. The highest BCUT2D eigenvalue weighted by molar-refractivity contribution is 5.59. The van der Waals surface area contributed by atoms with Crippen molar-refractivity contribution in [3.63, 3.8) is 0 Å². The van der Waals surface area contributed by atoms with E-state index >= 15 is 0 Å². The third-order valence-electron chi connectivity index (χ3n) is 1.39. The predicted octanol–water partition coefficient (Wildman–Crippen LogP) is 0.839. The number of allylic oxidation sites excluding steroid dienone is 1. The Kier molecular flexibility index (Phi) is 2.74. The number of aromatic nitrogens is 2. The van der Waals surface area contributed by atoms with Crippen molar-refractivity contribution in [1.82, 2.24) is 9.97 Å². The average molecular weight is 149 g/mol. The van der Waals surface area contributed by atoms with Crippen LogP contribution in [0.15, 0.2) is 24.7 Å². The summed E-state index contributed by atoms with van der Waals surface area (Å²) in [5.41, 5.74) is 7.30. The Morgan fingerprint density at radius 2 is 2.45 bits per heavy atom. The summed E-state index contributed by atoms with van der Waals surface area (Å²) in [7, 11) is 0. The fourth-order valence-electron chi connectivity index (χ4n) is 0.784. The zero-order valence-electron chi connectivity index (χ0n) is 6.49. The lowest BCUT2D eigenvalue weighted by atomic mass is 10.2. The van der Waals surface area contributed by atoms with E-state index in [2.05, 4.69) is 9.97 Å². The third-order valence-corrected chi connectivity index (χ3v) is 1.39. The summed E-state index contributed by atoms with van der Waals surface area (Å²) in [5, 5.41) is 0. The molecule has 1 aromatic rings. The monoisotopic (exact) mass is 149 g/mol. The molecule has 3 nitrogen and oxygen atoms in total. The molecule has 0 aromatic carbocycles. The Balaban J connectivity index is 2.85. The van der Waals surface area contributed by atoms with E-state index in [9.17, 15) is 0 Å². The van der Waals surface area contributed by atoms with Crippen molar-refractivity contribution in [2.45, 2.75) is 6.92 Å². The maximum absolute atomic E-state index is 5.34. The van der Waals surface area contributed by atoms with E-state index in [-0.39, 0.29) is 0 Å². The van der Waals surface area contributed by atoms with Crippen molar-refractivity contribution < 1.29 is 0 Å². The second kappa shape index (κ2) is 3.83. The molecule has 11 heavy (non-hydrogen) atoms. The van der Waals surface area contributed by atoms with E-state index in [0.717, 1.165) is 11.3 Å². The minimum atomic E-state index is 0.544. The summed E-state index contributed by atoms with van der Waals surface area (Å²) in [6, 6.07) is 0. The fourth-order valence-corrected chi connectivity index (χ4v) is 0.784. The Morgan fingerprint density at radius 1 is 1.64 bits per heavy atom. The summed E-state index contributed by atoms with van der Waals surface area (Å²) < 4.78 is 0. The first kappa shape index (κ1) is 7.88. The quantitative estimate of drug-likeness (QED) is 0.677. The van der Waals surface area contributed by atoms with Gasteiger partial charge in [0.05, 0.1) is 11.9 Å². The van der Waals surface area contributed by atoms with Crippen LogP contribution in [0.3, 0.4) is 0 Å². The molecular weight excluding hydrogens is 138 g/mol. The molecule has 0 radical (unpaired) electrons. The van der Waals surface area contributed by atoms with Crippen LogP contribution in [0.25, 0.3) is 5.57 Å². The lowest BCUT2D eigenvalue weighted by molar-refractivity contribution is 1.15. The summed E-state index contributed by atoms with van der Waals surface area (Å²) in [6.07, 6.45) is 6.97. The van der Waals surface area contributed by atoms with E-state index < -0.39 is 0 Å². The molecule has 0 bridgehead atoms. The first-order valence-electron chi connectivity index (χ1n) is 3.48. The molecule has 0 amide bonds. The van der Waals surface area contributed by atoms with Crippen LogP contribution in [0.2, 0.25) is 0 Å². The van der Waals surface area contributed by atoms with Crippen molar-refractivity contribution >= 4 is 5.57 Å². The molecule has 1 aromatic heterocycles. The smallest absolute Gasteiger partial charge is 0.0839 e. The van der Waals surface area contributed by atoms with Gasteiger partial charge in [-0.05, 0) is 12.5 Å². The molecule has 1 heterocycles. The predicted molar refractivity (Wildman–Crippen MR) is 44.7 cm³/mol. The highest BCUT2D eigenvalue weighted by Gasteiger charge is 1.93. The van der Waals surface area contributed by atoms with Crippen LogP contribution in [-0.4, -0.2) is 16.5 Å². The van der Waals surface area contributed by atoms with Gasteiger partial charge in [0.1, 0.15) is 0 Å².